The van der Waals surface area contributed by atoms with Crippen LogP contribution in [-0.4, -0.2) is 94.4 Å². The van der Waals surface area contributed by atoms with E-state index in [1.807, 2.05) is 0 Å². The normalized spacial score (nSPS) is 4.80. The van der Waals surface area contributed by atoms with Gasteiger partial charge in [0.05, 0.1) is 0 Å². The smallest absolute Gasteiger partial charge is 0.511 e. The Hall–Kier alpha value is 0.830. The molecule has 1 radical (unpaired) electrons. The van der Waals surface area contributed by atoms with Crippen LogP contribution >= 0.6 is 0 Å². The van der Waals surface area contributed by atoms with Crippen molar-refractivity contribution in [2.45, 2.75) is 0 Å². The molecule has 0 rings (SSSR count). The molecule has 0 aromatic carbocycles. The SMILES string of the molecule is O.O=[Si](O)O.O=[Si](O)O.[K]. The molecular formula is H6KO7Si2. The summed E-state index contributed by atoms with van der Waals surface area (Å²) in [6.45, 7) is 0. The van der Waals surface area contributed by atoms with E-state index in [0.717, 1.165) is 0 Å². The summed E-state index contributed by atoms with van der Waals surface area (Å²) in [4.78, 5) is 28.6. The van der Waals surface area contributed by atoms with Crippen molar-refractivity contribution in [3.05, 3.63) is 0 Å². The fraction of sp³-hybridized carbons (Fsp3) is 0. The summed E-state index contributed by atoms with van der Waals surface area (Å²) in [5.41, 5.74) is 0. The van der Waals surface area contributed by atoms with Crippen LogP contribution in [0.3, 0.4) is 0 Å². The zero-order valence-corrected chi connectivity index (χ0v) is 10.2. The Bertz CT molecular complexity index is 69.6. The second-order valence-electron chi connectivity index (χ2n) is 0.565. The van der Waals surface area contributed by atoms with Crippen molar-refractivity contribution >= 4 is 69.7 Å². The van der Waals surface area contributed by atoms with E-state index in [1.54, 1.807) is 0 Å². The van der Waals surface area contributed by atoms with Crippen molar-refractivity contribution in [2.75, 3.05) is 0 Å². The van der Waals surface area contributed by atoms with Gasteiger partial charge in [-0.2, -0.15) is 0 Å². The summed E-state index contributed by atoms with van der Waals surface area (Å²) in [5.74, 6) is 0. The number of rotatable bonds is 0. The first-order valence-electron chi connectivity index (χ1n) is 1.30. The standard InChI is InChI=1S/K.2H2O3Si.H2O/c;2*1-4(2)3;/h;2*1-2H;1H2. The first kappa shape index (κ1) is 22.4. The van der Waals surface area contributed by atoms with Gasteiger partial charge in [0.1, 0.15) is 0 Å². The average Bonchev–Trinajstić information content (AvgIpc) is 1.25. The molecule has 0 fully saturated rings. The molecule has 0 heterocycles. The topological polar surface area (TPSA) is 147 Å². The van der Waals surface area contributed by atoms with Crippen LogP contribution in [-0.2, 0) is 8.92 Å². The third-order valence-corrected chi connectivity index (χ3v) is 0. The molecule has 0 unspecified atom stereocenters. The van der Waals surface area contributed by atoms with Crippen molar-refractivity contribution < 1.29 is 33.6 Å². The van der Waals surface area contributed by atoms with Crippen LogP contribution in [0.25, 0.3) is 0 Å². The fourth-order valence-corrected chi connectivity index (χ4v) is 0. The van der Waals surface area contributed by atoms with Crippen molar-refractivity contribution in [3.63, 3.8) is 0 Å². The van der Waals surface area contributed by atoms with Crippen molar-refractivity contribution in [1.82, 2.24) is 0 Å². The summed E-state index contributed by atoms with van der Waals surface area (Å²) in [7, 11) is -6.26. The quantitative estimate of drug-likeness (QED) is 0.299. The van der Waals surface area contributed by atoms with Crippen LogP contribution in [0.15, 0.2) is 0 Å². The maximum atomic E-state index is 8.74. The second-order valence-corrected chi connectivity index (χ2v) is 1.70. The van der Waals surface area contributed by atoms with Crippen LogP contribution in [0.4, 0.5) is 0 Å². The van der Waals surface area contributed by atoms with E-state index >= 15 is 0 Å². The summed E-state index contributed by atoms with van der Waals surface area (Å²) < 4.78 is 17.5. The summed E-state index contributed by atoms with van der Waals surface area (Å²) >= 11 is 0. The molecule has 0 amide bonds. The van der Waals surface area contributed by atoms with E-state index in [9.17, 15) is 0 Å². The maximum absolute atomic E-state index is 8.74. The van der Waals surface area contributed by atoms with Gasteiger partial charge in [-0.3, -0.25) is 8.92 Å². The molecule has 57 valence electrons. The van der Waals surface area contributed by atoms with Gasteiger partial charge < -0.3 is 24.7 Å². The van der Waals surface area contributed by atoms with Crippen LogP contribution in [0.1, 0.15) is 0 Å². The summed E-state index contributed by atoms with van der Waals surface area (Å²) in [5, 5.41) is 0. The zero-order chi connectivity index (χ0) is 7.15. The number of hydrogen-bond acceptors (Lipinski definition) is 2. The Morgan fingerprint density at radius 3 is 0.800 bits per heavy atom. The molecule has 0 aliphatic rings. The van der Waals surface area contributed by atoms with Gasteiger partial charge in [-0.25, -0.2) is 0 Å². The van der Waals surface area contributed by atoms with E-state index in [1.165, 1.54) is 0 Å². The minimum atomic E-state index is -3.13. The monoisotopic (exact) mass is 213 g/mol. The van der Waals surface area contributed by atoms with Crippen LogP contribution in [0.5, 0.6) is 0 Å². The van der Waals surface area contributed by atoms with Gasteiger partial charge in [0.15, 0.2) is 0 Å². The Morgan fingerprint density at radius 1 is 0.800 bits per heavy atom. The van der Waals surface area contributed by atoms with Crippen molar-refractivity contribution in [1.29, 1.82) is 0 Å². The maximum Gasteiger partial charge on any atom is 0.761 e. The Kier molecular flexibility index (Phi) is 36.9. The molecule has 0 atom stereocenters. The molecule has 0 aliphatic heterocycles. The predicted octanol–water partition coefficient (Wildman–Crippen LogP) is -4.43. The van der Waals surface area contributed by atoms with E-state index < -0.39 is 18.3 Å². The predicted molar refractivity (Wildman–Crippen MR) is 31.1 cm³/mol. The zero-order valence-electron chi connectivity index (χ0n) is 5.11. The van der Waals surface area contributed by atoms with Gasteiger partial charge in [0.2, 0.25) is 0 Å². The Labute approximate surface area is 102 Å². The third-order valence-electron chi connectivity index (χ3n) is 0. The summed E-state index contributed by atoms with van der Waals surface area (Å²) in [6, 6.07) is 0. The molecular weight excluding hydrogens is 207 g/mol. The molecule has 6 N–H and O–H groups in total. The molecule has 10 heavy (non-hydrogen) atoms. The third kappa shape index (κ3) is 786. The molecule has 0 aromatic heterocycles. The first-order valence-corrected chi connectivity index (χ1v) is 3.91. The largest absolute Gasteiger partial charge is 0.761 e. The van der Waals surface area contributed by atoms with E-state index in [0.29, 0.717) is 0 Å². The van der Waals surface area contributed by atoms with Gasteiger partial charge in [-0.15, -0.1) is 0 Å². The molecule has 0 bridgehead atoms. The van der Waals surface area contributed by atoms with E-state index in [-0.39, 0.29) is 56.9 Å². The summed E-state index contributed by atoms with van der Waals surface area (Å²) in [6.07, 6.45) is 0. The molecule has 0 saturated carbocycles. The van der Waals surface area contributed by atoms with Crippen molar-refractivity contribution in [2.24, 2.45) is 0 Å². The average molecular weight is 213 g/mol. The molecule has 0 aliphatic carbocycles. The van der Waals surface area contributed by atoms with Crippen LogP contribution < -0.4 is 0 Å². The molecule has 0 spiro atoms. The molecule has 10 heteroatoms. The minimum absolute atomic E-state index is 0. The van der Waals surface area contributed by atoms with Crippen LogP contribution in [0, 0.1) is 0 Å². The Balaban J connectivity index is -0.0000000300. The van der Waals surface area contributed by atoms with Crippen LogP contribution in [0.2, 0.25) is 0 Å². The number of hydrogen-bond donors (Lipinski definition) is 4. The Morgan fingerprint density at radius 2 is 0.800 bits per heavy atom. The van der Waals surface area contributed by atoms with Gasteiger partial charge in [0.25, 0.3) is 0 Å². The molecule has 7 nitrogen and oxygen atoms in total. The van der Waals surface area contributed by atoms with Gasteiger partial charge in [-0.05, 0) is 0 Å². The van der Waals surface area contributed by atoms with Gasteiger partial charge in [0, 0.05) is 51.4 Å². The first-order chi connectivity index (χ1) is 3.46. The van der Waals surface area contributed by atoms with Gasteiger partial charge >= 0.3 is 18.3 Å². The molecule has 0 aromatic rings. The second kappa shape index (κ2) is 16.4. The van der Waals surface area contributed by atoms with Crippen molar-refractivity contribution in [3.8, 4) is 0 Å². The fourth-order valence-electron chi connectivity index (χ4n) is 0. The minimum Gasteiger partial charge on any atom is -0.511 e. The van der Waals surface area contributed by atoms with E-state index in [4.69, 9.17) is 28.1 Å². The van der Waals surface area contributed by atoms with Gasteiger partial charge in [-0.1, -0.05) is 0 Å². The van der Waals surface area contributed by atoms with E-state index in [2.05, 4.69) is 0 Å². The molecule has 0 saturated heterocycles.